The van der Waals surface area contributed by atoms with Gasteiger partial charge >= 0.3 is 0 Å². The molecule has 0 aromatic heterocycles. The smallest absolute Gasteiger partial charge is 0.0448 e. The molecule has 1 aromatic rings. The van der Waals surface area contributed by atoms with E-state index in [1.54, 1.807) is 5.57 Å². The number of benzene rings is 1. The molecule has 2 N–H and O–H groups in total. The van der Waals surface area contributed by atoms with E-state index in [0.29, 0.717) is 6.04 Å². The van der Waals surface area contributed by atoms with E-state index in [2.05, 4.69) is 75.3 Å². The fraction of sp³-hybridized carbons (Fsp3) is 0.478. The van der Waals surface area contributed by atoms with Gasteiger partial charge in [-0.3, -0.25) is 0 Å². The summed E-state index contributed by atoms with van der Waals surface area (Å²) in [6, 6.07) is 7.06. The van der Waals surface area contributed by atoms with Crippen LogP contribution in [0.15, 0.2) is 53.8 Å². The molecule has 1 aromatic carbocycles. The molecule has 0 fully saturated rings. The van der Waals surface area contributed by atoms with Crippen LogP contribution in [-0.2, 0) is 6.54 Å². The zero-order valence-corrected chi connectivity index (χ0v) is 16.4. The number of hydrogen-bond donors (Lipinski definition) is 2. The number of nitrogens with one attached hydrogen (secondary N) is 2. The minimum atomic E-state index is 0.377. The average Bonchev–Trinajstić information content (AvgIpc) is 2.62. The van der Waals surface area contributed by atoms with Gasteiger partial charge in [0.2, 0.25) is 0 Å². The molecule has 0 heterocycles. The van der Waals surface area contributed by atoms with Crippen molar-refractivity contribution in [2.45, 2.75) is 72.4 Å². The van der Waals surface area contributed by atoms with E-state index in [9.17, 15) is 0 Å². The highest BCUT2D eigenvalue weighted by atomic mass is 14.9. The predicted octanol–water partition coefficient (Wildman–Crippen LogP) is 6.26. The Hall–Kier alpha value is -1.96. The Morgan fingerprint density at radius 1 is 1.20 bits per heavy atom. The second-order valence-corrected chi connectivity index (χ2v) is 7.14. The predicted molar refractivity (Wildman–Crippen MR) is 111 cm³/mol. The third-order valence-electron chi connectivity index (χ3n) is 5.04. The Morgan fingerprint density at radius 2 is 2.00 bits per heavy atom. The van der Waals surface area contributed by atoms with Gasteiger partial charge in [0, 0.05) is 24.0 Å². The Labute approximate surface area is 154 Å². The molecule has 0 radical (unpaired) electrons. The van der Waals surface area contributed by atoms with Gasteiger partial charge in [0.25, 0.3) is 0 Å². The third-order valence-corrected chi connectivity index (χ3v) is 5.04. The minimum Gasteiger partial charge on any atom is -0.385 e. The van der Waals surface area contributed by atoms with Gasteiger partial charge in [0.05, 0.1) is 0 Å². The van der Waals surface area contributed by atoms with Gasteiger partial charge in [-0.2, -0.15) is 0 Å². The van der Waals surface area contributed by atoms with Crippen LogP contribution >= 0.6 is 0 Å². The van der Waals surface area contributed by atoms with Crippen molar-refractivity contribution in [2.75, 3.05) is 5.32 Å². The Morgan fingerprint density at radius 3 is 2.60 bits per heavy atom. The lowest BCUT2D eigenvalue weighted by Crippen LogP contribution is -2.20. The van der Waals surface area contributed by atoms with Crippen molar-refractivity contribution < 1.29 is 0 Å². The number of rotatable bonds is 9. The molecule has 0 spiro atoms. The van der Waals surface area contributed by atoms with Crippen LogP contribution in [0.5, 0.6) is 0 Å². The van der Waals surface area contributed by atoms with Crippen molar-refractivity contribution >= 4 is 5.69 Å². The SMILES string of the molecule is C=C(CCC)NCc1ccc(NC(C)C2=CC=C(CC)CC2)c(C)c1. The molecule has 0 aliphatic heterocycles. The second-order valence-electron chi connectivity index (χ2n) is 7.14. The molecule has 1 aliphatic rings. The monoisotopic (exact) mass is 338 g/mol. The number of aryl methyl sites for hydroxylation is 1. The van der Waals surface area contributed by atoms with E-state index in [4.69, 9.17) is 0 Å². The molecule has 2 heteroatoms. The van der Waals surface area contributed by atoms with E-state index >= 15 is 0 Å². The van der Waals surface area contributed by atoms with Gasteiger partial charge < -0.3 is 10.6 Å². The molecule has 0 saturated carbocycles. The zero-order valence-electron chi connectivity index (χ0n) is 16.4. The van der Waals surface area contributed by atoms with Crippen LogP contribution in [0.2, 0.25) is 0 Å². The van der Waals surface area contributed by atoms with Crippen LogP contribution in [0.1, 0.15) is 64.0 Å². The van der Waals surface area contributed by atoms with E-state index in [0.717, 1.165) is 25.1 Å². The maximum atomic E-state index is 4.07. The molecule has 2 rings (SSSR count). The van der Waals surface area contributed by atoms with E-state index < -0.39 is 0 Å². The normalized spacial score (nSPS) is 15.2. The highest BCUT2D eigenvalue weighted by Crippen LogP contribution is 2.25. The van der Waals surface area contributed by atoms with E-state index in [1.165, 1.54) is 41.6 Å². The molecule has 1 atom stereocenters. The molecule has 1 aliphatic carbocycles. The van der Waals surface area contributed by atoms with E-state index in [1.807, 2.05) is 0 Å². The third kappa shape index (κ3) is 5.81. The van der Waals surface area contributed by atoms with E-state index in [-0.39, 0.29) is 0 Å². The summed E-state index contributed by atoms with van der Waals surface area (Å²) < 4.78 is 0. The van der Waals surface area contributed by atoms with Gasteiger partial charge in [-0.1, -0.05) is 56.7 Å². The number of anilines is 1. The van der Waals surface area contributed by atoms with Gasteiger partial charge in [-0.15, -0.1) is 0 Å². The molecule has 0 saturated heterocycles. The zero-order chi connectivity index (χ0) is 18.2. The second kappa shape index (κ2) is 9.50. The average molecular weight is 339 g/mol. The quantitative estimate of drug-likeness (QED) is 0.555. The molecule has 1 unspecified atom stereocenters. The summed E-state index contributed by atoms with van der Waals surface area (Å²) in [5, 5.41) is 7.11. The van der Waals surface area contributed by atoms with Crippen molar-refractivity contribution in [1.29, 1.82) is 0 Å². The van der Waals surface area contributed by atoms with Crippen molar-refractivity contribution in [3.8, 4) is 0 Å². The highest BCUT2D eigenvalue weighted by molar-refractivity contribution is 5.54. The lowest BCUT2D eigenvalue weighted by atomic mass is 9.93. The summed E-state index contributed by atoms with van der Waals surface area (Å²) >= 11 is 0. The fourth-order valence-electron chi connectivity index (χ4n) is 3.29. The Kier molecular flexibility index (Phi) is 7.36. The standard InChI is InChI=1S/C23H34N2/c1-6-8-18(4)24-16-21-11-14-23(17(3)15-21)25-19(5)22-12-9-20(7-2)10-13-22/h9,11-12,14-15,19,24-25H,4,6-8,10,13,16H2,1-3,5H3. The molecule has 136 valence electrons. The summed E-state index contributed by atoms with van der Waals surface area (Å²) in [6.07, 6.45) is 10.4. The van der Waals surface area contributed by atoms with Gasteiger partial charge in [-0.25, -0.2) is 0 Å². The van der Waals surface area contributed by atoms with Crippen molar-refractivity contribution in [3.63, 3.8) is 0 Å². The summed E-state index contributed by atoms with van der Waals surface area (Å²) in [5.74, 6) is 0. The molecule has 0 bridgehead atoms. The maximum Gasteiger partial charge on any atom is 0.0448 e. The highest BCUT2D eigenvalue weighted by Gasteiger charge is 2.13. The lowest BCUT2D eigenvalue weighted by Gasteiger charge is -2.23. The largest absolute Gasteiger partial charge is 0.385 e. The minimum absolute atomic E-state index is 0.377. The Balaban J connectivity index is 1.95. The Bertz CT molecular complexity index is 652. The van der Waals surface area contributed by atoms with Gasteiger partial charge in [0.1, 0.15) is 0 Å². The fourth-order valence-corrected chi connectivity index (χ4v) is 3.29. The van der Waals surface area contributed by atoms with Crippen LogP contribution in [0.25, 0.3) is 0 Å². The topological polar surface area (TPSA) is 24.1 Å². The number of allylic oxidation sites excluding steroid dienone is 4. The van der Waals surface area contributed by atoms with Crippen LogP contribution in [0, 0.1) is 6.92 Å². The molecule has 0 amide bonds. The first-order valence-electron chi connectivity index (χ1n) is 9.69. The van der Waals surface area contributed by atoms with Crippen LogP contribution < -0.4 is 10.6 Å². The lowest BCUT2D eigenvalue weighted by molar-refractivity contribution is 0.740. The van der Waals surface area contributed by atoms with Crippen molar-refractivity contribution in [1.82, 2.24) is 5.32 Å². The molecular weight excluding hydrogens is 304 g/mol. The summed E-state index contributed by atoms with van der Waals surface area (Å²) in [4.78, 5) is 0. The summed E-state index contributed by atoms with van der Waals surface area (Å²) in [5.41, 5.74) is 8.02. The first-order chi connectivity index (χ1) is 12.0. The van der Waals surface area contributed by atoms with Crippen molar-refractivity contribution in [3.05, 3.63) is 64.9 Å². The molecule has 25 heavy (non-hydrogen) atoms. The molecule has 2 nitrogen and oxygen atoms in total. The van der Waals surface area contributed by atoms with Crippen LogP contribution in [-0.4, -0.2) is 6.04 Å². The first kappa shape index (κ1) is 19.4. The number of hydrogen-bond acceptors (Lipinski definition) is 2. The molecular formula is C23H34N2. The van der Waals surface area contributed by atoms with Gasteiger partial charge in [-0.05, 0) is 62.3 Å². The summed E-state index contributed by atoms with van der Waals surface area (Å²) in [7, 11) is 0. The first-order valence-corrected chi connectivity index (χ1v) is 9.69. The maximum absolute atomic E-state index is 4.07. The van der Waals surface area contributed by atoms with Crippen LogP contribution in [0.3, 0.4) is 0 Å². The van der Waals surface area contributed by atoms with Crippen LogP contribution in [0.4, 0.5) is 5.69 Å². The van der Waals surface area contributed by atoms with Gasteiger partial charge in [0.15, 0.2) is 0 Å². The van der Waals surface area contributed by atoms with Crippen molar-refractivity contribution in [2.24, 2.45) is 0 Å². The summed E-state index contributed by atoms with van der Waals surface area (Å²) in [6.45, 7) is 13.8.